The number of amidine groups is 1. The molecule has 3 heterocycles. The second-order valence-corrected chi connectivity index (χ2v) is 10.3. The molecule has 0 unspecified atom stereocenters. The molecule has 184 valence electrons. The third-order valence-electron chi connectivity index (χ3n) is 6.05. The molecule has 0 saturated carbocycles. The number of nitrogens with two attached hydrogens (primary N) is 1. The highest BCUT2D eigenvalue weighted by atomic mass is 35.5. The van der Waals surface area contributed by atoms with E-state index >= 15 is 0 Å². The Morgan fingerprint density at radius 2 is 1.89 bits per heavy atom. The molecule has 2 aliphatic rings. The van der Waals surface area contributed by atoms with Gasteiger partial charge in [0.2, 0.25) is 0 Å². The molecule has 3 aromatic rings. The van der Waals surface area contributed by atoms with Crippen LogP contribution in [-0.4, -0.2) is 60.1 Å². The number of primary amides is 1. The predicted octanol–water partition coefficient (Wildman–Crippen LogP) is 4.28. The Labute approximate surface area is 222 Å². The van der Waals surface area contributed by atoms with E-state index in [0.717, 1.165) is 48.3 Å². The average molecular weight is 541 g/mol. The van der Waals surface area contributed by atoms with Gasteiger partial charge in [0.15, 0.2) is 5.17 Å². The number of pyridine rings is 1. The van der Waals surface area contributed by atoms with Crippen molar-refractivity contribution < 1.29 is 9.59 Å². The van der Waals surface area contributed by atoms with E-state index < -0.39 is 5.91 Å². The van der Waals surface area contributed by atoms with Crippen LogP contribution in [-0.2, 0) is 4.79 Å². The van der Waals surface area contributed by atoms with Crippen LogP contribution in [0.25, 0.3) is 17.0 Å². The number of nitrogens with zero attached hydrogens (tertiary/aromatic N) is 4. The first-order valence-electron chi connectivity index (χ1n) is 11.2. The van der Waals surface area contributed by atoms with E-state index in [-0.39, 0.29) is 5.91 Å². The van der Waals surface area contributed by atoms with Crippen LogP contribution in [0.3, 0.4) is 0 Å². The number of anilines is 1. The predicted molar refractivity (Wildman–Crippen MR) is 147 cm³/mol. The molecule has 36 heavy (non-hydrogen) atoms. The summed E-state index contributed by atoms with van der Waals surface area (Å²) < 4.78 is 0. The van der Waals surface area contributed by atoms with Crippen LogP contribution in [0.1, 0.15) is 15.9 Å². The molecule has 2 amide bonds. The number of hydrogen-bond donors (Lipinski definition) is 2. The molecule has 0 aliphatic carbocycles. The van der Waals surface area contributed by atoms with Crippen molar-refractivity contribution in [3.05, 3.63) is 68.7 Å². The number of para-hydroxylation sites is 1. The molecule has 5 rings (SSSR count). The van der Waals surface area contributed by atoms with Gasteiger partial charge in [0, 0.05) is 37.8 Å². The average Bonchev–Trinajstić information content (AvgIpc) is 3.19. The van der Waals surface area contributed by atoms with Crippen LogP contribution in [0.2, 0.25) is 10.0 Å². The summed E-state index contributed by atoms with van der Waals surface area (Å²) in [5.41, 5.74) is 8.81. The Kier molecular flexibility index (Phi) is 6.90. The second kappa shape index (κ2) is 10.1. The highest BCUT2D eigenvalue weighted by molar-refractivity contribution is 8.18. The van der Waals surface area contributed by atoms with Gasteiger partial charge in [0.1, 0.15) is 5.69 Å². The van der Waals surface area contributed by atoms with Gasteiger partial charge in [-0.05, 0) is 54.7 Å². The van der Waals surface area contributed by atoms with E-state index in [0.29, 0.717) is 31.4 Å². The van der Waals surface area contributed by atoms with Crippen molar-refractivity contribution in [1.82, 2.24) is 15.2 Å². The number of fused-ring (bicyclic) bond motifs is 1. The van der Waals surface area contributed by atoms with E-state index in [1.54, 1.807) is 30.5 Å². The molecule has 0 spiro atoms. The van der Waals surface area contributed by atoms with Crippen molar-refractivity contribution in [2.45, 2.75) is 0 Å². The minimum atomic E-state index is -0.521. The molecule has 3 N–H and O–H groups in total. The number of rotatable bonds is 4. The lowest BCUT2D eigenvalue weighted by molar-refractivity contribution is -0.115. The number of thioether (sulfide) groups is 1. The van der Waals surface area contributed by atoms with Crippen LogP contribution < -0.4 is 16.0 Å². The highest BCUT2D eigenvalue weighted by Gasteiger charge is 2.25. The lowest BCUT2D eigenvalue weighted by atomic mass is 10.0. The number of carbonyl (C=O) groups excluding carboxylic acids is 2. The number of aliphatic imine (C=N–C) groups is 1. The van der Waals surface area contributed by atoms with Crippen molar-refractivity contribution in [2.75, 3.05) is 38.1 Å². The summed E-state index contributed by atoms with van der Waals surface area (Å²) in [5, 5.41) is 4.74. The van der Waals surface area contributed by atoms with Gasteiger partial charge in [-0.3, -0.25) is 14.6 Å². The third-order valence-corrected chi connectivity index (χ3v) is 7.57. The topological polar surface area (TPSA) is 104 Å². The number of aromatic nitrogens is 1. The summed E-state index contributed by atoms with van der Waals surface area (Å²) in [7, 11) is 2.07. The molecule has 11 heteroatoms. The summed E-state index contributed by atoms with van der Waals surface area (Å²) in [6.07, 6.45) is 3.32. The minimum Gasteiger partial charge on any atom is -0.368 e. The number of piperazine rings is 1. The molecule has 2 aromatic carbocycles. The van der Waals surface area contributed by atoms with Crippen molar-refractivity contribution in [1.29, 1.82) is 0 Å². The number of halogens is 2. The van der Waals surface area contributed by atoms with E-state index in [2.05, 4.69) is 32.1 Å². The molecular weight excluding hydrogens is 519 g/mol. The lowest BCUT2D eigenvalue weighted by Gasteiger charge is -2.35. The van der Waals surface area contributed by atoms with E-state index in [1.165, 1.54) is 11.8 Å². The molecule has 0 bridgehead atoms. The Bertz CT molecular complexity index is 1430. The van der Waals surface area contributed by atoms with Gasteiger partial charge in [-0.2, -0.15) is 0 Å². The van der Waals surface area contributed by atoms with Crippen LogP contribution in [0.15, 0.2) is 52.5 Å². The summed E-state index contributed by atoms with van der Waals surface area (Å²) in [6, 6.07) is 10.8. The van der Waals surface area contributed by atoms with Gasteiger partial charge in [0.05, 0.1) is 31.7 Å². The number of amides is 2. The molecule has 2 aliphatic heterocycles. The lowest BCUT2D eigenvalue weighted by Crippen LogP contribution is -2.45. The number of hydrogen-bond acceptors (Lipinski definition) is 7. The van der Waals surface area contributed by atoms with Crippen molar-refractivity contribution in [2.24, 2.45) is 10.7 Å². The van der Waals surface area contributed by atoms with Crippen molar-refractivity contribution in [3.8, 4) is 0 Å². The summed E-state index contributed by atoms with van der Waals surface area (Å²) >= 11 is 13.6. The normalized spacial score (nSPS) is 18.9. The molecule has 2 fully saturated rings. The second-order valence-electron chi connectivity index (χ2n) is 8.50. The summed E-state index contributed by atoms with van der Waals surface area (Å²) in [4.78, 5) is 38.7. The zero-order valence-corrected chi connectivity index (χ0v) is 21.6. The SMILES string of the molecule is CN1CCN(c2c(C(N)=O)cnc3ccc(/C=C4\SC(=Nc5c(Cl)cccc5Cl)NC4=O)cc23)CC1. The fourth-order valence-corrected chi connectivity index (χ4v) is 5.48. The zero-order valence-electron chi connectivity index (χ0n) is 19.3. The van der Waals surface area contributed by atoms with Crippen molar-refractivity contribution >= 4 is 80.3 Å². The van der Waals surface area contributed by atoms with Gasteiger partial charge in [-0.1, -0.05) is 35.3 Å². The highest BCUT2D eigenvalue weighted by Crippen LogP contribution is 2.36. The maximum absolute atomic E-state index is 12.7. The van der Waals surface area contributed by atoms with Crippen molar-refractivity contribution in [3.63, 3.8) is 0 Å². The zero-order chi connectivity index (χ0) is 25.4. The molecule has 0 radical (unpaired) electrons. The van der Waals surface area contributed by atoms with E-state index in [4.69, 9.17) is 28.9 Å². The number of benzene rings is 2. The number of likely N-dealkylation sites (N-methyl/N-ethyl adjacent to an activating group) is 1. The Morgan fingerprint density at radius 3 is 2.58 bits per heavy atom. The van der Waals surface area contributed by atoms with Crippen LogP contribution in [0.5, 0.6) is 0 Å². The quantitative estimate of drug-likeness (QED) is 0.478. The number of carbonyl (C=O) groups is 2. The third kappa shape index (κ3) is 4.92. The molecule has 0 atom stereocenters. The molecular formula is C25H22Cl2N6O2S. The smallest absolute Gasteiger partial charge is 0.264 e. The van der Waals surface area contributed by atoms with Crippen LogP contribution in [0.4, 0.5) is 11.4 Å². The maximum atomic E-state index is 12.7. The van der Waals surface area contributed by atoms with Crippen LogP contribution >= 0.6 is 35.0 Å². The minimum absolute atomic E-state index is 0.273. The first-order valence-corrected chi connectivity index (χ1v) is 12.8. The summed E-state index contributed by atoms with van der Waals surface area (Å²) in [5.74, 6) is -0.794. The maximum Gasteiger partial charge on any atom is 0.264 e. The van der Waals surface area contributed by atoms with Gasteiger partial charge < -0.3 is 20.9 Å². The fourth-order valence-electron chi connectivity index (χ4n) is 4.17. The fraction of sp³-hybridized carbons (Fsp3) is 0.200. The van der Waals surface area contributed by atoms with Gasteiger partial charge in [-0.15, -0.1) is 0 Å². The molecule has 1 aromatic heterocycles. The standard InChI is InChI=1S/C25H22Cl2N6O2S/c1-32-7-9-33(10-8-32)22-15-11-14(5-6-19(15)29-13-16(22)23(28)34)12-20-24(35)31-25(36-20)30-21-17(26)3-2-4-18(21)27/h2-6,11-13H,7-10H2,1H3,(H2,28,34)(H,30,31,35)/b20-12-. The monoisotopic (exact) mass is 540 g/mol. The first-order chi connectivity index (χ1) is 17.3. The molecule has 2 saturated heterocycles. The number of nitrogens with one attached hydrogen (secondary N) is 1. The van der Waals surface area contributed by atoms with Gasteiger partial charge in [0.25, 0.3) is 11.8 Å². The Hall–Kier alpha value is -3.11. The van der Waals surface area contributed by atoms with E-state index in [1.807, 2.05) is 18.2 Å². The van der Waals surface area contributed by atoms with Crippen LogP contribution in [0, 0.1) is 0 Å². The first kappa shape index (κ1) is 24.6. The van der Waals surface area contributed by atoms with Gasteiger partial charge >= 0.3 is 0 Å². The van der Waals surface area contributed by atoms with E-state index in [9.17, 15) is 9.59 Å². The Balaban J connectivity index is 1.52. The van der Waals surface area contributed by atoms with Gasteiger partial charge in [-0.25, -0.2) is 4.99 Å². The largest absolute Gasteiger partial charge is 0.368 e. The molecule has 8 nitrogen and oxygen atoms in total. The Morgan fingerprint density at radius 1 is 1.17 bits per heavy atom. The summed E-state index contributed by atoms with van der Waals surface area (Å²) in [6.45, 7) is 3.29.